The topological polar surface area (TPSA) is 40.5 Å². The fraction of sp³-hybridized carbons (Fsp3) is 0.533. The molecule has 0 spiro atoms. The van der Waals surface area contributed by atoms with Crippen molar-refractivity contribution in [3.8, 4) is 0 Å². The molecule has 1 N–H and O–H groups in total. The SMILES string of the molecule is CC(CC(=O)O)(c1cccc(Cl)c1)N1CCCCC1. The molecule has 104 valence electrons. The van der Waals surface area contributed by atoms with Crippen LogP contribution in [0.15, 0.2) is 24.3 Å². The third-order valence-corrected chi connectivity index (χ3v) is 4.23. The zero-order valence-corrected chi connectivity index (χ0v) is 12.0. The summed E-state index contributed by atoms with van der Waals surface area (Å²) < 4.78 is 0. The van der Waals surface area contributed by atoms with Gasteiger partial charge in [-0.2, -0.15) is 0 Å². The van der Waals surface area contributed by atoms with Crippen LogP contribution in [-0.2, 0) is 10.3 Å². The third-order valence-electron chi connectivity index (χ3n) is 4.00. The Bertz CT molecular complexity index is 457. The monoisotopic (exact) mass is 281 g/mol. The molecule has 1 aliphatic rings. The zero-order valence-electron chi connectivity index (χ0n) is 11.2. The lowest BCUT2D eigenvalue weighted by molar-refractivity contribution is -0.140. The van der Waals surface area contributed by atoms with Gasteiger partial charge in [0.05, 0.1) is 12.0 Å². The molecule has 2 rings (SSSR count). The Morgan fingerprint density at radius 1 is 1.37 bits per heavy atom. The number of nitrogens with zero attached hydrogens (tertiary/aromatic N) is 1. The first-order valence-corrected chi connectivity index (χ1v) is 7.13. The van der Waals surface area contributed by atoms with Gasteiger partial charge in [0.2, 0.25) is 0 Å². The standard InChI is InChI=1S/C15H20ClNO2/c1-15(11-14(18)19,17-8-3-2-4-9-17)12-6-5-7-13(16)10-12/h5-7,10H,2-4,8-9,11H2,1H3,(H,18,19). The molecule has 0 aromatic heterocycles. The summed E-state index contributed by atoms with van der Waals surface area (Å²) in [6.07, 6.45) is 3.61. The number of hydrogen-bond acceptors (Lipinski definition) is 2. The van der Waals surface area contributed by atoms with Crippen molar-refractivity contribution < 1.29 is 9.90 Å². The number of piperidine rings is 1. The van der Waals surface area contributed by atoms with Gasteiger partial charge in [-0.05, 0) is 50.6 Å². The van der Waals surface area contributed by atoms with Gasteiger partial charge in [0.1, 0.15) is 0 Å². The molecule has 0 radical (unpaired) electrons. The van der Waals surface area contributed by atoms with Crippen LogP contribution in [0.1, 0.15) is 38.2 Å². The summed E-state index contributed by atoms with van der Waals surface area (Å²) in [4.78, 5) is 13.5. The van der Waals surface area contributed by atoms with Crippen LogP contribution in [0.2, 0.25) is 5.02 Å². The fourth-order valence-corrected chi connectivity index (χ4v) is 3.09. The van der Waals surface area contributed by atoms with Crippen molar-refractivity contribution in [2.45, 2.75) is 38.1 Å². The van der Waals surface area contributed by atoms with Gasteiger partial charge < -0.3 is 5.11 Å². The van der Waals surface area contributed by atoms with Crippen LogP contribution in [0, 0.1) is 0 Å². The lowest BCUT2D eigenvalue weighted by atomic mass is 9.85. The molecule has 1 fully saturated rings. The van der Waals surface area contributed by atoms with Crippen LogP contribution in [0.3, 0.4) is 0 Å². The van der Waals surface area contributed by atoms with Crippen molar-refractivity contribution in [3.63, 3.8) is 0 Å². The number of likely N-dealkylation sites (tertiary alicyclic amines) is 1. The summed E-state index contributed by atoms with van der Waals surface area (Å²) in [5, 5.41) is 9.91. The highest BCUT2D eigenvalue weighted by atomic mass is 35.5. The number of aliphatic carboxylic acids is 1. The van der Waals surface area contributed by atoms with E-state index in [0.29, 0.717) is 5.02 Å². The smallest absolute Gasteiger partial charge is 0.305 e. The average molecular weight is 282 g/mol. The molecule has 4 heteroatoms. The van der Waals surface area contributed by atoms with E-state index in [2.05, 4.69) is 4.90 Å². The Morgan fingerprint density at radius 3 is 2.63 bits per heavy atom. The molecular formula is C15H20ClNO2. The molecule has 1 unspecified atom stereocenters. The van der Waals surface area contributed by atoms with Crippen molar-refractivity contribution in [1.29, 1.82) is 0 Å². The molecule has 0 saturated carbocycles. The lowest BCUT2D eigenvalue weighted by Crippen LogP contribution is -2.47. The second kappa shape index (κ2) is 5.93. The number of carboxylic acids is 1. The number of carboxylic acid groups (broad SMARTS) is 1. The predicted octanol–water partition coefficient (Wildman–Crippen LogP) is 3.52. The molecule has 1 aliphatic heterocycles. The first kappa shape index (κ1) is 14.4. The van der Waals surface area contributed by atoms with Gasteiger partial charge >= 0.3 is 5.97 Å². The summed E-state index contributed by atoms with van der Waals surface area (Å²) in [5.41, 5.74) is 0.515. The summed E-state index contributed by atoms with van der Waals surface area (Å²) in [7, 11) is 0. The molecule has 1 aromatic rings. The number of halogens is 1. The lowest BCUT2D eigenvalue weighted by Gasteiger charge is -2.43. The van der Waals surface area contributed by atoms with Gasteiger partial charge in [0.25, 0.3) is 0 Å². The van der Waals surface area contributed by atoms with E-state index < -0.39 is 11.5 Å². The Labute approximate surface area is 119 Å². The van der Waals surface area contributed by atoms with E-state index in [1.165, 1.54) is 6.42 Å². The number of carbonyl (C=O) groups is 1. The van der Waals surface area contributed by atoms with Gasteiger partial charge in [-0.1, -0.05) is 30.2 Å². The molecule has 1 saturated heterocycles. The predicted molar refractivity (Wildman–Crippen MR) is 76.5 cm³/mol. The maximum atomic E-state index is 11.3. The Hall–Kier alpha value is -1.06. The summed E-state index contributed by atoms with van der Waals surface area (Å²) in [6.45, 7) is 3.92. The van der Waals surface area contributed by atoms with E-state index in [1.54, 1.807) is 0 Å². The van der Waals surface area contributed by atoms with Crippen LogP contribution in [-0.4, -0.2) is 29.1 Å². The first-order valence-electron chi connectivity index (χ1n) is 6.75. The highest BCUT2D eigenvalue weighted by Gasteiger charge is 2.36. The van der Waals surface area contributed by atoms with Crippen molar-refractivity contribution in [1.82, 2.24) is 4.90 Å². The van der Waals surface area contributed by atoms with E-state index in [9.17, 15) is 9.90 Å². The maximum Gasteiger partial charge on any atom is 0.305 e. The van der Waals surface area contributed by atoms with Crippen LogP contribution >= 0.6 is 11.6 Å². The van der Waals surface area contributed by atoms with E-state index in [4.69, 9.17) is 11.6 Å². The van der Waals surface area contributed by atoms with Crippen molar-refractivity contribution >= 4 is 17.6 Å². The summed E-state index contributed by atoms with van der Waals surface area (Å²) in [6, 6.07) is 7.58. The van der Waals surface area contributed by atoms with Gasteiger partial charge in [0, 0.05) is 5.02 Å². The van der Waals surface area contributed by atoms with Crippen LogP contribution in [0.4, 0.5) is 0 Å². The van der Waals surface area contributed by atoms with Crippen LogP contribution in [0.25, 0.3) is 0 Å². The van der Waals surface area contributed by atoms with Gasteiger partial charge in [-0.25, -0.2) is 0 Å². The van der Waals surface area contributed by atoms with Crippen LogP contribution in [0.5, 0.6) is 0 Å². The Kier molecular flexibility index (Phi) is 4.48. The highest BCUT2D eigenvalue weighted by Crippen LogP contribution is 2.35. The number of benzene rings is 1. The molecule has 1 aromatic carbocycles. The first-order chi connectivity index (χ1) is 9.02. The molecule has 1 atom stereocenters. The van der Waals surface area contributed by atoms with E-state index >= 15 is 0 Å². The molecular weight excluding hydrogens is 262 g/mol. The molecule has 0 aliphatic carbocycles. The van der Waals surface area contributed by atoms with Gasteiger partial charge in [0.15, 0.2) is 0 Å². The Morgan fingerprint density at radius 2 is 2.05 bits per heavy atom. The number of rotatable bonds is 4. The van der Waals surface area contributed by atoms with Crippen LogP contribution < -0.4 is 0 Å². The molecule has 3 nitrogen and oxygen atoms in total. The minimum absolute atomic E-state index is 0.105. The van der Waals surface area contributed by atoms with Gasteiger partial charge in [-0.15, -0.1) is 0 Å². The van der Waals surface area contributed by atoms with E-state index in [-0.39, 0.29) is 6.42 Å². The minimum Gasteiger partial charge on any atom is -0.481 e. The molecule has 1 heterocycles. The summed E-state index contributed by atoms with van der Waals surface area (Å²) >= 11 is 6.06. The average Bonchev–Trinajstić information content (AvgIpc) is 2.39. The van der Waals surface area contributed by atoms with Crippen molar-refractivity contribution in [2.75, 3.05) is 13.1 Å². The minimum atomic E-state index is -0.770. The quantitative estimate of drug-likeness (QED) is 0.918. The van der Waals surface area contributed by atoms with E-state index in [1.807, 2.05) is 31.2 Å². The third kappa shape index (κ3) is 3.28. The zero-order chi connectivity index (χ0) is 13.9. The maximum absolute atomic E-state index is 11.3. The van der Waals surface area contributed by atoms with Gasteiger partial charge in [-0.3, -0.25) is 9.69 Å². The Balaban J connectivity index is 2.35. The van der Waals surface area contributed by atoms with Crippen molar-refractivity contribution in [3.05, 3.63) is 34.9 Å². The van der Waals surface area contributed by atoms with E-state index in [0.717, 1.165) is 31.5 Å². The normalized spacial score (nSPS) is 19.9. The number of hydrogen-bond donors (Lipinski definition) is 1. The fourth-order valence-electron chi connectivity index (χ4n) is 2.90. The molecule has 0 bridgehead atoms. The van der Waals surface area contributed by atoms with Crippen molar-refractivity contribution in [2.24, 2.45) is 0 Å². The second-order valence-corrected chi connectivity index (χ2v) is 5.84. The highest BCUT2D eigenvalue weighted by molar-refractivity contribution is 6.30. The summed E-state index contributed by atoms with van der Waals surface area (Å²) in [5.74, 6) is -0.770. The second-order valence-electron chi connectivity index (χ2n) is 5.40. The molecule has 0 amide bonds. The molecule has 19 heavy (non-hydrogen) atoms. The largest absolute Gasteiger partial charge is 0.481 e.